The van der Waals surface area contributed by atoms with Crippen LogP contribution >= 0.6 is 24.0 Å². The molecule has 2 N–H and O–H groups in total. The number of hydrogen-bond donors (Lipinski definition) is 2. The molecular weight excluding hydrogens is 271 g/mol. The lowest BCUT2D eigenvalue weighted by atomic mass is 9.94. The predicted molar refractivity (Wildman–Crippen MR) is 76.6 cm³/mol. The largest absolute Gasteiger partial charge is 0.348 e. The van der Waals surface area contributed by atoms with E-state index in [2.05, 4.69) is 17.6 Å². The monoisotopic (exact) mass is 288 g/mol. The van der Waals surface area contributed by atoms with Gasteiger partial charge >= 0.3 is 0 Å². The van der Waals surface area contributed by atoms with Crippen LogP contribution in [0.4, 0.5) is 0 Å². The molecule has 1 fully saturated rings. The molecule has 0 aromatic heterocycles. The van der Waals surface area contributed by atoms with Crippen LogP contribution in [0.2, 0.25) is 5.02 Å². The van der Waals surface area contributed by atoms with Crippen molar-refractivity contribution < 1.29 is 4.79 Å². The highest BCUT2D eigenvalue weighted by atomic mass is 35.5. The zero-order chi connectivity index (χ0) is 12.3. The summed E-state index contributed by atoms with van der Waals surface area (Å²) in [6.45, 7) is 4.04. The molecule has 2 atom stereocenters. The van der Waals surface area contributed by atoms with Crippen molar-refractivity contribution >= 4 is 29.9 Å². The number of rotatable bonds is 2. The molecule has 0 radical (unpaired) electrons. The summed E-state index contributed by atoms with van der Waals surface area (Å²) in [6, 6.07) is 7.23. The van der Waals surface area contributed by atoms with Gasteiger partial charge in [-0.1, -0.05) is 24.6 Å². The minimum Gasteiger partial charge on any atom is -0.348 e. The molecule has 1 amide bonds. The standard InChI is InChI=1S/C13H17ClN2O.ClH/c1-9-5-6-15-8-12(9)16-13(17)10-3-2-4-11(14)7-10;/h2-4,7,9,12,15H,5-6,8H2,1H3,(H,16,17);1H. The molecule has 0 aliphatic carbocycles. The third-order valence-electron chi connectivity index (χ3n) is 3.23. The predicted octanol–water partition coefficient (Wildman–Crippen LogP) is 2.49. The zero-order valence-electron chi connectivity index (χ0n) is 10.3. The van der Waals surface area contributed by atoms with E-state index in [4.69, 9.17) is 11.6 Å². The van der Waals surface area contributed by atoms with Gasteiger partial charge in [-0.15, -0.1) is 12.4 Å². The maximum atomic E-state index is 12.0. The Morgan fingerprint density at radius 1 is 1.50 bits per heavy atom. The third-order valence-corrected chi connectivity index (χ3v) is 3.47. The number of carbonyl (C=O) groups is 1. The van der Waals surface area contributed by atoms with Gasteiger partial charge in [0.15, 0.2) is 0 Å². The smallest absolute Gasteiger partial charge is 0.251 e. The molecule has 1 saturated heterocycles. The molecule has 1 heterocycles. The first-order valence-corrected chi connectivity index (χ1v) is 6.32. The number of halogens is 2. The molecule has 1 aliphatic heterocycles. The Bertz CT molecular complexity index is 412. The van der Waals surface area contributed by atoms with Crippen molar-refractivity contribution in [2.75, 3.05) is 13.1 Å². The number of carbonyl (C=O) groups excluding carboxylic acids is 1. The molecule has 0 spiro atoms. The van der Waals surface area contributed by atoms with Crippen LogP contribution in [0, 0.1) is 5.92 Å². The van der Waals surface area contributed by atoms with Crippen molar-refractivity contribution in [3.05, 3.63) is 34.9 Å². The van der Waals surface area contributed by atoms with Gasteiger partial charge in [-0.05, 0) is 37.1 Å². The van der Waals surface area contributed by atoms with Crippen molar-refractivity contribution in [1.29, 1.82) is 0 Å². The number of piperidine rings is 1. The summed E-state index contributed by atoms with van der Waals surface area (Å²) in [6.07, 6.45) is 1.10. The molecule has 18 heavy (non-hydrogen) atoms. The minimum absolute atomic E-state index is 0. The van der Waals surface area contributed by atoms with Crippen molar-refractivity contribution in [3.63, 3.8) is 0 Å². The fourth-order valence-electron chi connectivity index (χ4n) is 2.06. The second-order valence-electron chi connectivity index (χ2n) is 4.56. The lowest BCUT2D eigenvalue weighted by molar-refractivity contribution is 0.0915. The maximum absolute atomic E-state index is 12.0. The number of nitrogens with one attached hydrogen (secondary N) is 2. The van der Waals surface area contributed by atoms with Crippen LogP contribution in [0.3, 0.4) is 0 Å². The Morgan fingerprint density at radius 3 is 2.94 bits per heavy atom. The molecule has 1 aliphatic rings. The average molecular weight is 289 g/mol. The minimum atomic E-state index is -0.0481. The van der Waals surface area contributed by atoms with Gasteiger partial charge in [0, 0.05) is 23.2 Å². The Labute approximate surface area is 119 Å². The molecule has 1 aromatic rings. The van der Waals surface area contributed by atoms with Gasteiger partial charge in [-0.25, -0.2) is 0 Å². The second-order valence-corrected chi connectivity index (χ2v) is 5.00. The van der Waals surface area contributed by atoms with Gasteiger partial charge < -0.3 is 10.6 Å². The van der Waals surface area contributed by atoms with Gasteiger partial charge in [0.1, 0.15) is 0 Å². The van der Waals surface area contributed by atoms with E-state index in [0.717, 1.165) is 19.5 Å². The molecule has 0 bridgehead atoms. The topological polar surface area (TPSA) is 41.1 Å². The van der Waals surface area contributed by atoms with Crippen molar-refractivity contribution in [3.8, 4) is 0 Å². The van der Waals surface area contributed by atoms with Crippen LogP contribution in [0.25, 0.3) is 0 Å². The van der Waals surface area contributed by atoms with E-state index in [1.807, 2.05) is 0 Å². The van der Waals surface area contributed by atoms with Gasteiger partial charge in [0.2, 0.25) is 0 Å². The molecule has 0 saturated carbocycles. The summed E-state index contributed by atoms with van der Waals surface area (Å²) in [5.74, 6) is 0.465. The summed E-state index contributed by atoms with van der Waals surface area (Å²) < 4.78 is 0. The Kier molecular flexibility index (Phi) is 5.93. The van der Waals surface area contributed by atoms with E-state index >= 15 is 0 Å². The summed E-state index contributed by atoms with van der Waals surface area (Å²) >= 11 is 5.87. The lowest BCUT2D eigenvalue weighted by Crippen LogP contribution is -2.50. The van der Waals surface area contributed by atoms with Crippen LogP contribution in [-0.4, -0.2) is 25.0 Å². The molecule has 2 rings (SSSR count). The number of amides is 1. The van der Waals surface area contributed by atoms with Gasteiger partial charge in [-0.3, -0.25) is 4.79 Å². The molecule has 100 valence electrons. The molecule has 3 nitrogen and oxygen atoms in total. The highest BCUT2D eigenvalue weighted by Gasteiger charge is 2.22. The van der Waals surface area contributed by atoms with Crippen molar-refractivity contribution in [2.45, 2.75) is 19.4 Å². The number of benzene rings is 1. The van der Waals surface area contributed by atoms with E-state index < -0.39 is 0 Å². The van der Waals surface area contributed by atoms with Crippen LogP contribution < -0.4 is 10.6 Å². The van der Waals surface area contributed by atoms with E-state index in [1.54, 1.807) is 24.3 Å². The summed E-state index contributed by atoms with van der Waals surface area (Å²) in [4.78, 5) is 12.0. The van der Waals surface area contributed by atoms with Gasteiger partial charge in [-0.2, -0.15) is 0 Å². The zero-order valence-corrected chi connectivity index (χ0v) is 11.9. The highest BCUT2D eigenvalue weighted by Crippen LogP contribution is 2.14. The maximum Gasteiger partial charge on any atom is 0.251 e. The van der Waals surface area contributed by atoms with E-state index in [-0.39, 0.29) is 24.4 Å². The fourth-order valence-corrected chi connectivity index (χ4v) is 2.25. The van der Waals surface area contributed by atoms with Crippen LogP contribution in [0.5, 0.6) is 0 Å². The Hall–Kier alpha value is -0.770. The normalized spacial score (nSPS) is 23.0. The van der Waals surface area contributed by atoms with E-state index in [1.165, 1.54) is 0 Å². The first-order chi connectivity index (χ1) is 8.16. The fraction of sp³-hybridized carbons (Fsp3) is 0.462. The SMILES string of the molecule is CC1CCNCC1NC(=O)c1cccc(Cl)c1.Cl. The van der Waals surface area contributed by atoms with Crippen LogP contribution in [-0.2, 0) is 0 Å². The third kappa shape index (κ3) is 3.87. The molecule has 5 heteroatoms. The van der Waals surface area contributed by atoms with Gasteiger partial charge in [0.05, 0.1) is 0 Å². The molecule has 2 unspecified atom stereocenters. The summed E-state index contributed by atoms with van der Waals surface area (Å²) in [5.41, 5.74) is 0.621. The van der Waals surface area contributed by atoms with Crippen molar-refractivity contribution in [2.24, 2.45) is 5.92 Å². The van der Waals surface area contributed by atoms with Crippen LogP contribution in [0.1, 0.15) is 23.7 Å². The molecular formula is C13H18Cl2N2O. The first-order valence-electron chi connectivity index (χ1n) is 5.94. The summed E-state index contributed by atoms with van der Waals surface area (Å²) in [7, 11) is 0. The lowest BCUT2D eigenvalue weighted by Gasteiger charge is -2.30. The van der Waals surface area contributed by atoms with E-state index in [0.29, 0.717) is 16.5 Å². The first kappa shape index (κ1) is 15.3. The van der Waals surface area contributed by atoms with Crippen molar-refractivity contribution in [1.82, 2.24) is 10.6 Å². The van der Waals surface area contributed by atoms with Gasteiger partial charge in [0.25, 0.3) is 5.91 Å². The number of hydrogen-bond acceptors (Lipinski definition) is 2. The second kappa shape index (κ2) is 6.98. The average Bonchev–Trinajstić information content (AvgIpc) is 2.32. The quantitative estimate of drug-likeness (QED) is 0.878. The Morgan fingerprint density at radius 2 is 2.28 bits per heavy atom. The highest BCUT2D eigenvalue weighted by molar-refractivity contribution is 6.30. The molecule has 1 aromatic carbocycles. The van der Waals surface area contributed by atoms with E-state index in [9.17, 15) is 4.79 Å². The van der Waals surface area contributed by atoms with Crippen LogP contribution in [0.15, 0.2) is 24.3 Å². The summed E-state index contributed by atoms with van der Waals surface area (Å²) in [5, 5.41) is 6.93. The Balaban J connectivity index is 0.00000162.